The molecule has 23 heavy (non-hydrogen) atoms. The molecule has 120 valence electrons. The summed E-state index contributed by atoms with van der Waals surface area (Å²) in [5, 5.41) is 0. The van der Waals surface area contributed by atoms with Crippen LogP contribution in [0.5, 0.6) is 5.75 Å². The van der Waals surface area contributed by atoms with Gasteiger partial charge in [0.25, 0.3) is 0 Å². The van der Waals surface area contributed by atoms with Crippen LogP contribution in [0.25, 0.3) is 0 Å². The molecule has 4 nitrogen and oxygen atoms in total. The molecule has 2 heterocycles. The number of anilines is 1. The Morgan fingerprint density at radius 3 is 2.87 bits per heavy atom. The summed E-state index contributed by atoms with van der Waals surface area (Å²) in [6.07, 6.45) is 6.46. The zero-order valence-electron chi connectivity index (χ0n) is 13.4. The van der Waals surface area contributed by atoms with E-state index in [-0.39, 0.29) is 0 Å². The molecule has 0 saturated heterocycles. The van der Waals surface area contributed by atoms with Gasteiger partial charge in [-0.15, -0.1) is 0 Å². The van der Waals surface area contributed by atoms with Gasteiger partial charge in [-0.2, -0.15) is 0 Å². The highest BCUT2D eigenvalue weighted by molar-refractivity contribution is 5.53. The second kappa shape index (κ2) is 7.27. The quantitative estimate of drug-likeness (QED) is 0.767. The SMILES string of the molecule is COc1ccc(CN2c3ncccc3CC[C@H]2CCC=O)cc1. The number of carbonyl (C=O) groups excluding carboxylic acids is 1. The largest absolute Gasteiger partial charge is 0.497 e. The van der Waals surface area contributed by atoms with Crippen molar-refractivity contribution in [2.24, 2.45) is 0 Å². The van der Waals surface area contributed by atoms with E-state index in [1.807, 2.05) is 24.4 Å². The molecule has 0 radical (unpaired) electrons. The fourth-order valence-corrected chi connectivity index (χ4v) is 3.23. The van der Waals surface area contributed by atoms with Crippen LogP contribution in [0.15, 0.2) is 42.6 Å². The lowest BCUT2D eigenvalue weighted by atomic mass is 9.95. The standard InChI is InChI=1S/C19H22N2O2/c1-23-18-10-6-15(7-11-18)14-21-17(5-3-13-22)9-8-16-4-2-12-20-19(16)21/h2,4,6-7,10-13,17H,3,5,8-9,14H2,1H3/t17-/m1/s1. The molecule has 3 rings (SSSR count). The van der Waals surface area contributed by atoms with E-state index in [1.54, 1.807) is 7.11 Å². The molecule has 0 amide bonds. The molecule has 1 aliphatic heterocycles. The molecule has 0 fully saturated rings. The van der Waals surface area contributed by atoms with Crippen molar-refractivity contribution in [3.63, 3.8) is 0 Å². The Balaban J connectivity index is 1.85. The second-order valence-electron chi connectivity index (χ2n) is 5.90. The van der Waals surface area contributed by atoms with E-state index < -0.39 is 0 Å². The Labute approximate surface area is 137 Å². The van der Waals surface area contributed by atoms with E-state index >= 15 is 0 Å². The Kier molecular flexibility index (Phi) is 4.91. The van der Waals surface area contributed by atoms with Crippen molar-refractivity contribution in [1.29, 1.82) is 0 Å². The highest BCUT2D eigenvalue weighted by Crippen LogP contribution is 2.32. The summed E-state index contributed by atoms with van der Waals surface area (Å²) < 4.78 is 5.22. The van der Waals surface area contributed by atoms with Crippen LogP contribution in [0.3, 0.4) is 0 Å². The maximum absolute atomic E-state index is 10.8. The molecule has 0 unspecified atom stereocenters. The minimum atomic E-state index is 0.365. The molecule has 2 aromatic rings. The van der Waals surface area contributed by atoms with Gasteiger partial charge in [0.15, 0.2) is 0 Å². The van der Waals surface area contributed by atoms with Crippen LogP contribution in [-0.2, 0) is 17.8 Å². The second-order valence-corrected chi connectivity index (χ2v) is 5.90. The number of pyridine rings is 1. The van der Waals surface area contributed by atoms with Crippen molar-refractivity contribution < 1.29 is 9.53 Å². The van der Waals surface area contributed by atoms with Gasteiger partial charge in [-0.3, -0.25) is 0 Å². The first kappa shape index (κ1) is 15.5. The summed E-state index contributed by atoms with van der Waals surface area (Å²) in [7, 11) is 1.68. The minimum Gasteiger partial charge on any atom is -0.497 e. The first-order valence-electron chi connectivity index (χ1n) is 8.09. The zero-order chi connectivity index (χ0) is 16.1. The number of fused-ring (bicyclic) bond motifs is 1. The number of ether oxygens (including phenoxy) is 1. The first-order valence-corrected chi connectivity index (χ1v) is 8.09. The third-order valence-corrected chi connectivity index (χ3v) is 4.46. The number of benzene rings is 1. The van der Waals surface area contributed by atoms with Gasteiger partial charge in [-0.25, -0.2) is 4.98 Å². The van der Waals surface area contributed by atoms with E-state index in [9.17, 15) is 4.79 Å². The maximum atomic E-state index is 10.8. The fourth-order valence-electron chi connectivity index (χ4n) is 3.23. The van der Waals surface area contributed by atoms with Gasteiger partial charge in [0, 0.05) is 25.2 Å². The van der Waals surface area contributed by atoms with Crippen LogP contribution in [0.2, 0.25) is 0 Å². The van der Waals surface area contributed by atoms with Crippen LogP contribution in [0.1, 0.15) is 30.4 Å². The molecule has 0 aliphatic carbocycles. The predicted octanol–water partition coefficient (Wildman–Crippen LogP) is 3.39. The minimum absolute atomic E-state index is 0.365. The van der Waals surface area contributed by atoms with Crippen molar-refractivity contribution in [2.75, 3.05) is 12.0 Å². The van der Waals surface area contributed by atoms with Crippen LogP contribution in [-0.4, -0.2) is 24.4 Å². The van der Waals surface area contributed by atoms with Gasteiger partial charge in [-0.1, -0.05) is 18.2 Å². The average molecular weight is 310 g/mol. The number of carbonyl (C=O) groups is 1. The lowest BCUT2D eigenvalue weighted by Gasteiger charge is -2.38. The molecule has 0 spiro atoms. The van der Waals surface area contributed by atoms with Crippen molar-refractivity contribution in [3.8, 4) is 5.75 Å². The highest BCUT2D eigenvalue weighted by atomic mass is 16.5. The van der Waals surface area contributed by atoms with Crippen LogP contribution in [0.4, 0.5) is 5.82 Å². The number of aromatic nitrogens is 1. The van der Waals surface area contributed by atoms with Gasteiger partial charge < -0.3 is 14.4 Å². The van der Waals surface area contributed by atoms with E-state index in [1.165, 1.54) is 11.1 Å². The molecule has 1 aromatic heterocycles. The Bertz CT molecular complexity index is 655. The van der Waals surface area contributed by atoms with E-state index in [0.29, 0.717) is 12.5 Å². The number of hydrogen-bond donors (Lipinski definition) is 0. The van der Waals surface area contributed by atoms with Crippen molar-refractivity contribution in [3.05, 3.63) is 53.7 Å². The third-order valence-electron chi connectivity index (χ3n) is 4.46. The summed E-state index contributed by atoms with van der Waals surface area (Å²) >= 11 is 0. The van der Waals surface area contributed by atoms with Crippen LogP contribution >= 0.6 is 0 Å². The summed E-state index contributed by atoms with van der Waals surface area (Å²) in [6.45, 7) is 0.803. The fraction of sp³-hybridized carbons (Fsp3) is 0.368. The summed E-state index contributed by atoms with van der Waals surface area (Å²) in [5.41, 5.74) is 2.52. The van der Waals surface area contributed by atoms with Gasteiger partial charge >= 0.3 is 0 Å². The molecule has 1 atom stereocenters. The number of aryl methyl sites for hydroxylation is 1. The third kappa shape index (κ3) is 3.52. The molecule has 1 aliphatic rings. The number of hydrogen-bond acceptors (Lipinski definition) is 4. The number of nitrogens with zero attached hydrogens (tertiary/aromatic N) is 2. The predicted molar refractivity (Wildman–Crippen MR) is 90.8 cm³/mol. The monoisotopic (exact) mass is 310 g/mol. The Morgan fingerprint density at radius 2 is 2.13 bits per heavy atom. The number of aldehydes is 1. The molecular weight excluding hydrogens is 288 g/mol. The smallest absolute Gasteiger partial charge is 0.132 e. The molecule has 0 bridgehead atoms. The van der Waals surface area contributed by atoms with Crippen LogP contribution < -0.4 is 9.64 Å². The zero-order valence-corrected chi connectivity index (χ0v) is 13.4. The molecule has 4 heteroatoms. The highest BCUT2D eigenvalue weighted by Gasteiger charge is 2.26. The lowest BCUT2D eigenvalue weighted by Crippen LogP contribution is -2.39. The molecule has 0 saturated carbocycles. The summed E-state index contributed by atoms with van der Waals surface area (Å²) in [6, 6.07) is 12.7. The summed E-state index contributed by atoms with van der Waals surface area (Å²) in [5.74, 6) is 1.92. The van der Waals surface area contributed by atoms with Crippen molar-refractivity contribution in [2.45, 2.75) is 38.3 Å². The van der Waals surface area contributed by atoms with Gasteiger partial charge in [0.05, 0.1) is 7.11 Å². The Morgan fingerprint density at radius 1 is 1.30 bits per heavy atom. The van der Waals surface area contributed by atoms with Gasteiger partial charge in [0.2, 0.25) is 0 Å². The van der Waals surface area contributed by atoms with Crippen molar-refractivity contribution >= 4 is 12.1 Å². The molecule has 1 aromatic carbocycles. The van der Waals surface area contributed by atoms with Gasteiger partial charge in [-0.05, 0) is 48.6 Å². The Hall–Kier alpha value is -2.36. The van der Waals surface area contributed by atoms with E-state index in [2.05, 4.69) is 28.1 Å². The summed E-state index contributed by atoms with van der Waals surface area (Å²) in [4.78, 5) is 17.7. The maximum Gasteiger partial charge on any atom is 0.132 e. The number of rotatable bonds is 6. The lowest BCUT2D eigenvalue weighted by molar-refractivity contribution is -0.108. The first-order chi connectivity index (χ1) is 11.3. The van der Waals surface area contributed by atoms with E-state index in [4.69, 9.17) is 4.74 Å². The normalized spacial score (nSPS) is 16.7. The van der Waals surface area contributed by atoms with Crippen LogP contribution in [0, 0.1) is 0 Å². The van der Waals surface area contributed by atoms with Crippen molar-refractivity contribution in [1.82, 2.24) is 4.98 Å². The topological polar surface area (TPSA) is 42.4 Å². The molecule has 0 N–H and O–H groups in total. The average Bonchev–Trinajstić information content (AvgIpc) is 2.61. The number of methoxy groups -OCH3 is 1. The van der Waals surface area contributed by atoms with E-state index in [0.717, 1.165) is 43.7 Å². The van der Waals surface area contributed by atoms with Gasteiger partial charge in [0.1, 0.15) is 17.9 Å². The molecular formula is C19H22N2O2.